The smallest absolute Gasteiger partial charge is 0.272 e. The maximum atomic E-state index is 12.0. The van der Waals surface area contributed by atoms with Crippen LogP contribution in [0.15, 0.2) is 42.9 Å². The van der Waals surface area contributed by atoms with Crippen molar-refractivity contribution in [1.82, 2.24) is 15.3 Å². The Labute approximate surface area is 110 Å². The van der Waals surface area contributed by atoms with Gasteiger partial charge in [0.15, 0.2) is 0 Å². The Morgan fingerprint density at radius 2 is 2.16 bits per heavy atom. The lowest BCUT2D eigenvalue weighted by Crippen LogP contribution is -2.34. The Bertz CT molecular complexity index is 601. The normalized spacial score (nSPS) is 20.9. The highest BCUT2D eigenvalue weighted by Gasteiger charge is 2.32. The van der Waals surface area contributed by atoms with Gasteiger partial charge in [0.1, 0.15) is 5.69 Å². The van der Waals surface area contributed by atoms with Crippen LogP contribution in [0.4, 0.5) is 0 Å². The molecule has 2 aromatic rings. The van der Waals surface area contributed by atoms with Gasteiger partial charge in [-0.1, -0.05) is 24.3 Å². The fourth-order valence-corrected chi connectivity index (χ4v) is 2.38. The van der Waals surface area contributed by atoms with Gasteiger partial charge in [0.05, 0.1) is 18.3 Å². The second-order valence-electron chi connectivity index (χ2n) is 4.51. The summed E-state index contributed by atoms with van der Waals surface area (Å²) in [6.45, 7) is 0. The average molecular weight is 255 g/mol. The third-order valence-corrected chi connectivity index (χ3v) is 3.29. The molecule has 0 radical (unpaired) electrons. The molecule has 19 heavy (non-hydrogen) atoms. The van der Waals surface area contributed by atoms with Crippen molar-refractivity contribution in [2.75, 3.05) is 0 Å². The second kappa shape index (κ2) is 4.78. The molecule has 2 atom stereocenters. The van der Waals surface area contributed by atoms with E-state index in [2.05, 4.69) is 15.3 Å². The third kappa shape index (κ3) is 2.20. The number of fused-ring (bicyclic) bond motifs is 1. The highest BCUT2D eigenvalue weighted by Crippen LogP contribution is 2.31. The molecule has 0 saturated carbocycles. The van der Waals surface area contributed by atoms with Crippen LogP contribution in [0.5, 0.6) is 0 Å². The van der Waals surface area contributed by atoms with E-state index >= 15 is 0 Å². The van der Waals surface area contributed by atoms with Crippen molar-refractivity contribution >= 4 is 5.91 Å². The van der Waals surface area contributed by atoms with Crippen molar-refractivity contribution in [3.63, 3.8) is 0 Å². The molecule has 5 nitrogen and oxygen atoms in total. The molecule has 0 fully saturated rings. The van der Waals surface area contributed by atoms with Gasteiger partial charge in [-0.15, -0.1) is 0 Å². The van der Waals surface area contributed by atoms with Crippen molar-refractivity contribution in [3.8, 4) is 0 Å². The molecule has 0 unspecified atom stereocenters. The molecule has 96 valence electrons. The van der Waals surface area contributed by atoms with E-state index < -0.39 is 6.10 Å². The van der Waals surface area contributed by atoms with Crippen LogP contribution in [0.25, 0.3) is 0 Å². The molecule has 1 amide bonds. The maximum Gasteiger partial charge on any atom is 0.272 e. The Kier molecular flexibility index (Phi) is 2.97. The number of hydrogen-bond acceptors (Lipinski definition) is 4. The van der Waals surface area contributed by atoms with Crippen LogP contribution in [0.2, 0.25) is 0 Å². The molecule has 0 bridgehead atoms. The van der Waals surface area contributed by atoms with Crippen molar-refractivity contribution in [3.05, 3.63) is 59.7 Å². The van der Waals surface area contributed by atoms with Gasteiger partial charge in [0.25, 0.3) is 5.91 Å². The number of carbonyl (C=O) groups excluding carboxylic acids is 1. The van der Waals surface area contributed by atoms with Crippen molar-refractivity contribution < 1.29 is 9.90 Å². The van der Waals surface area contributed by atoms with E-state index in [1.54, 1.807) is 0 Å². The van der Waals surface area contributed by atoms with Gasteiger partial charge in [-0.25, -0.2) is 4.98 Å². The lowest BCUT2D eigenvalue weighted by atomic mass is 10.1. The summed E-state index contributed by atoms with van der Waals surface area (Å²) in [7, 11) is 0. The molecule has 1 heterocycles. The van der Waals surface area contributed by atoms with Crippen LogP contribution < -0.4 is 5.32 Å². The molecule has 1 aliphatic rings. The fourth-order valence-electron chi connectivity index (χ4n) is 2.38. The van der Waals surface area contributed by atoms with E-state index in [0.29, 0.717) is 6.42 Å². The zero-order valence-electron chi connectivity index (χ0n) is 10.2. The van der Waals surface area contributed by atoms with Gasteiger partial charge in [0.2, 0.25) is 0 Å². The second-order valence-corrected chi connectivity index (χ2v) is 4.51. The molecule has 0 saturated heterocycles. The Hall–Kier alpha value is -2.27. The summed E-state index contributed by atoms with van der Waals surface area (Å²) in [5.41, 5.74) is 2.28. The molecule has 3 rings (SSSR count). The zero-order valence-corrected chi connectivity index (χ0v) is 10.2. The van der Waals surface area contributed by atoms with Gasteiger partial charge >= 0.3 is 0 Å². The minimum atomic E-state index is -0.599. The molecule has 1 aliphatic carbocycles. The fraction of sp³-hybridized carbons (Fsp3) is 0.214. The molecular weight excluding hydrogens is 242 g/mol. The zero-order chi connectivity index (χ0) is 13.2. The Morgan fingerprint density at radius 1 is 1.32 bits per heavy atom. The van der Waals surface area contributed by atoms with Crippen molar-refractivity contribution in [2.45, 2.75) is 18.6 Å². The highest BCUT2D eigenvalue weighted by molar-refractivity contribution is 5.92. The number of carbonyl (C=O) groups is 1. The maximum absolute atomic E-state index is 12.0. The Balaban J connectivity index is 1.82. The first-order chi connectivity index (χ1) is 9.25. The number of aliphatic hydroxyl groups excluding tert-OH is 1. The van der Waals surface area contributed by atoms with Crippen molar-refractivity contribution in [2.24, 2.45) is 0 Å². The average Bonchev–Trinajstić information content (AvgIpc) is 2.76. The van der Waals surface area contributed by atoms with Crippen molar-refractivity contribution in [1.29, 1.82) is 0 Å². The number of aromatic nitrogens is 2. The predicted molar refractivity (Wildman–Crippen MR) is 68.4 cm³/mol. The first kappa shape index (κ1) is 11.8. The summed E-state index contributed by atoms with van der Waals surface area (Å²) in [4.78, 5) is 19.8. The number of benzene rings is 1. The number of hydrogen-bond donors (Lipinski definition) is 2. The minimum Gasteiger partial charge on any atom is -0.390 e. The van der Waals surface area contributed by atoms with Crippen LogP contribution in [0.1, 0.15) is 27.7 Å². The highest BCUT2D eigenvalue weighted by atomic mass is 16.3. The first-order valence-corrected chi connectivity index (χ1v) is 6.08. The lowest BCUT2D eigenvalue weighted by molar-refractivity contribution is 0.0853. The van der Waals surface area contributed by atoms with Gasteiger partial charge < -0.3 is 10.4 Å². The largest absolute Gasteiger partial charge is 0.390 e. The summed E-state index contributed by atoms with van der Waals surface area (Å²) < 4.78 is 0. The van der Waals surface area contributed by atoms with E-state index in [-0.39, 0.29) is 17.6 Å². The van der Waals surface area contributed by atoms with E-state index in [4.69, 9.17) is 0 Å². The molecular formula is C14H13N3O2. The SMILES string of the molecule is O=C(N[C@H]1c2ccccc2C[C@H]1O)c1cnccn1. The summed E-state index contributed by atoms with van der Waals surface area (Å²) in [5, 5.41) is 12.9. The topological polar surface area (TPSA) is 75.1 Å². The van der Waals surface area contributed by atoms with Gasteiger partial charge in [0, 0.05) is 18.8 Å². The van der Waals surface area contributed by atoms with E-state index in [1.165, 1.54) is 18.6 Å². The number of nitrogens with one attached hydrogen (secondary N) is 1. The first-order valence-electron chi connectivity index (χ1n) is 6.08. The van der Waals surface area contributed by atoms with Gasteiger partial charge in [-0.3, -0.25) is 9.78 Å². The van der Waals surface area contributed by atoms with Crippen LogP contribution in [-0.2, 0) is 6.42 Å². The molecule has 1 aromatic heterocycles. The molecule has 2 N–H and O–H groups in total. The van der Waals surface area contributed by atoms with Crippen LogP contribution in [0.3, 0.4) is 0 Å². The monoisotopic (exact) mass is 255 g/mol. The third-order valence-electron chi connectivity index (χ3n) is 3.29. The van der Waals surface area contributed by atoms with E-state index in [9.17, 15) is 9.90 Å². The molecule has 5 heteroatoms. The number of rotatable bonds is 2. The molecule has 0 spiro atoms. The summed E-state index contributed by atoms with van der Waals surface area (Å²) in [5.74, 6) is -0.325. The summed E-state index contributed by atoms with van der Waals surface area (Å²) in [6, 6.07) is 7.34. The number of aliphatic hydroxyl groups is 1. The van der Waals surface area contributed by atoms with E-state index in [0.717, 1.165) is 11.1 Å². The van der Waals surface area contributed by atoms with E-state index in [1.807, 2.05) is 24.3 Å². The van der Waals surface area contributed by atoms with Crippen LogP contribution in [-0.4, -0.2) is 27.1 Å². The van der Waals surface area contributed by atoms with Crippen LogP contribution >= 0.6 is 0 Å². The standard InChI is InChI=1S/C14H13N3O2/c18-12-7-9-3-1-2-4-10(9)13(12)17-14(19)11-8-15-5-6-16-11/h1-6,8,12-13,18H,7H2,(H,17,19)/t12-,13+/m1/s1. The van der Waals surface area contributed by atoms with Gasteiger partial charge in [-0.2, -0.15) is 0 Å². The summed E-state index contributed by atoms with van der Waals surface area (Å²) in [6.07, 6.45) is 4.34. The minimum absolute atomic E-state index is 0.249. The predicted octanol–water partition coefficient (Wildman–Crippen LogP) is 0.865. The molecule has 1 aromatic carbocycles. The number of amides is 1. The Morgan fingerprint density at radius 3 is 2.95 bits per heavy atom. The van der Waals surface area contributed by atoms with Crippen LogP contribution in [0, 0.1) is 0 Å². The number of nitrogens with zero attached hydrogens (tertiary/aromatic N) is 2. The molecule has 0 aliphatic heterocycles. The summed E-state index contributed by atoms with van der Waals surface area (Å²) >= 11 is 0. The van der Waals surface area contributed by atoms with Gasteiger partial charge in [-0.05, 0) is 11.1 Å². The quantitative estimate of drug-likeness (QED) is 0.834. The lowest BCUT2D eigenvalue weighted by Gasteiger charge is -2.17.